The average Bonchev–Trinajstić information content (AvgIpc) is 2.75. The zero-order valence-electron chi connectivity index (χ0n) is 16.3. The molecule has 0 aromatic heterocycles. The van der Waals surface area contributed by atoms with Crippen LogP contribution in [0.5, 0.6) is 5.75 Å². The molecule has 156 valence electrons. The van der Waals surface area contributed by atoms with E-state index >= 15 is 0 Å². The smallest absolute Gasteiger partial charge is 0.264 e. The SMILES string of the molecule is CCOc1ccccc1N(CC(=O)Nc1ccccc1Cl)S(=O)(=O)c1ccccc1. The zero-order valence-corrected chi connectivity index (χ0v) is 17.9. The predicted molar refractivity (Wildman–Crippen MR) is 119 cm³/mol. The van der Waals surface area contributed by atoms with Crippen LogP contribution in [0.25, 0.3) is 0 Å². The first kappa shape index (κ1) is 21.7. The molecule has 0 aliphatic carbocycles. The Balaban J connectivity index is 2.00. The van der Waals surface area contributed by atoms with Crippen molar-refractivity contribution >= 4 is 38.9 Å². The van der Waals surface area contributed by atoms with Crippen LogP contribution < -0.4 is 14.4 Å². The lowest BCUT2D eigenvalue weighted by Crippen LogP contribution is -2.38. The fourth-order valence-corrected chi connectivity index (χ4v) is 4.48. The highest BCUT2D eigenvalue weighted by Crippen LogP contribution is 2.32. The van der Waals surface area contributed by atoms with E-state index in [-0.39, 0.29) is 10.6 Å². The summed E-state index contributed by atoms with van der Waals surface area (Å²) in [4.78, 5) is 12.9. The number of hydrogen-bond acceptors (Lipinski definition) is 4. The number of rotatable bonds is 8. The van der Waals surface area contributed by atoms with E-state index in [0.29, 0.717) is 23.1 Å². The van der Waals surface area contributed by atoms with Crippen LogP contribution in [0.2, 0.25) is 5.02 Å². The van der Waals surface area contributed by atoms with Crippen LogP contribution >= 0.6 is 11.6 Å². The maximum absolute atomic E-state index is 13.4. The van der Waals surface area contributed by atoms with Gasteiger partial charge in [-0.15, -0.1) is 0 Å². The Morgan fingerprint density at radius 1 is 0.967 bits per heavy atom. The average molecular weight is 445 g/mol. The van der Waals surface area contributed by atoms with Crippen LogP contribution in [0.1, 0.15) is 6.92 Å². The molecule has 3 rings (SSSR count). The number of hydrogen-bond donors (Lipinski definition) is 1. The number of halogens is 1. The molecule has 0 saturated heterocycles. The van der Waals surface area contributed by atoms with Crippen molar-refractivity contribution in [1.29, 1.82) is 0 Å². The Kier molecular flexibility index (Phi) is 6.97. The van der Waals surface area contributed by atoms with Gasteiger partial charge in [0.2, 0.25) is 5.91 Å². The number of nitrogens with one attached hydrogen (secondary N) is 1. The Hall–Kier alpha value is -3.03. The van der Waals surface area contributed by atoms with Crippen LogP contribution in [0.3, 0.4) is 0 Å². The summed E-state index contributed by atoms with van der Waals surface area (Å²) in [5.41, 5.74) is 0.678. The Morgan fingerprint density at radius 2 is 1.60 bits per heavy atom. The molecule has 0 aliphatic heterocycles. The normalized spacial score (nSPS) is 11.0. The molecule has 8 heteroatoms. The van der Waals surface area contributed by atoms with Gasteiger partial charge in [-0.2, -0.15) is 0 Å². The third-order valence-electron chi connectivity index (χ3n) is 4.20. The van der Waals surface area contributed by atoms with Gasteiger partial charge in [0, 0.05) is 0 Å². The first-order chi connectivity index (χ1) is 14.4. The topological polar surface area (TPSA) is 75.7 Å². The van der Waals surface area contributed by atoms with Crippen LogP contribution in [0.4, 0.5) is 11.4 Å². The zero-order chi connectivity index (χ0) is 21.6. The van der Waals surface area contributed by atoms with Crippen molar-refractivity contribution in [3.8, 4) is 5.75 Å². The maximum Gasteiger partial charge on any atom is 0.264 e. The molecule has 0 unspecified atom stereocenters. The minimum atomic E-state index is -4.03. The summed E-state index contributed by atoms with van der Waals surface area (Å²) in [6.45, 7) is 1.70. The lowest BCUT2D eigenvalue weighted by atomic mass is 10.3. The summed E-state index contributed by atoms with van der Waals surface area (Å²) in [5.74, 6) is -0.168. The Bertz CT molecular complexity index is 1120. The van der Waals surface area contributed by atoms with Crippen molar-refractivity contribution in [3.63, 3.8) is 0 Å². The molecular formula is C22H21ClN2O4S. The molecule has 1 N–H and O–H groups in total. The van der Waals surface area contributed by atoms with Gasteiger partial charge in [0.05, 0.1) is 27.9 Å². The van der Waals surface area contributed by atoms with Gasteiger partial charge < -0.3 is 10.1 Å². The third kappa shape index (κ3) is 4.93. The molecule has 6 nitrogen and oxygen atoms in total. The van der Waals surface area contributed by atoms with Gasteiger partial charge in [-0.1, -0.05) is 54.1 Å². The first-order valence-corrected chi connectivity index (χ1v) is 11.1. The maximum atomic E-state index is 13.4. The summed E-state index contributed by atoms with van der Waals surface area (Å²) in [6.07, 6.45) is 0. The van der Waals surface area contributed by atoms with E-state index in [0.717, 1.165) is 4.31 Å². The molecule has 0 spiro atoms. The standard InChI is InChI=1S/C22H21ClN2O4S/c1-2-29-21-15-9-8-14-20(21)25(30(27,28)17-10-4-3-5-11-17)16-22(26)24-19-13-7-6-12-18(19)23/h3-15H,2,16H2,1H3,(H,24,26). The van der Waals surface area contributed by atoms with E-state index in [1.165, 1.54) is 12.1 Å². The number of nitrogens with zero attached hydrogens (tertiary/aromatic N) is 1. The van der Waals surface area contributed by atoms with Gasteiger partial charge in [0.15, 0.2) is 0 Å². The molecule has 30 heavy (non-hydrogen) atoms. The minimum absolute atomic E-state index is 0.0712. The summed E-state index contributed by atoms with van der Waals surface area (Å²) in [6, 6.07) is 21.4. The summed E-state index contributed by atoms with van der Waals surface area (Å²) < 4.78 is 33.5. The molecule has 0 radical (unpaired) electrons. The Labute approximate surface area is 181 Å². The van der Waals surface area contributed by atoms with Gasteiger partial charge in [0.1, 0.15) is 12.3 Å². The molecule has 0 atom stereocenters. The third-order valence-corrected chi connectivity index (χ3v) is 6.30. The molecule has 0 fully saturated rings. The highest BCUT2D eigenvalue weighted by Gasteiger charge is 2.29. The monoisotopic (exact) mass is 444 g/mol. The van der Waals surface area contributed by atoms with Crippen LogP contribution in [0, 0.1) is 0 Å². The summed E-state index contributed by atoms with van der Waals surface area (Å²) in [7, 11) is -4.03. The second-order valence-corrected chi connectivity index (χ2v) is 8.52. The van der Waals surface area contributed by atoms with E-state index in [4.69, 9.17) is 16.3 Å². The molecule has 0 saturated carbocycles. The lowest BCUT2D eigenvalue weighted by Gasteiger charge is -2.26. The molecule has 0 aliphatic rings. The van der Waals surface area contributed by atoms with Gasteiger partial charge in [-0.25, -0.2) is 8.42 Å². The van der Waals surface area contributed by atoms with Crippen molar-refractivity contribution in [2.75, 3.05) is 22.8 Å². The van der Waals surface area contributed by atoms with Crippen LogP contribution in [0.15, 0.2) is 83.8 Å². The van der Waals surface area contributed by atoms with Gasteiger partial charge in [-0.05, 0) is 43.3 Å². The fourth-order valence-electron chi connectivity index (χ4n) is 2.84. The Morgan fingerprint density at radius 3 is 2.30 bits per heavy atom. The number of para-hydroxylation sites is 3. The molecule has 0 bridgehead atoms. The lowest BCUT2D eigenvalue weighted by molar-refractivity contribution is -0.114. The van der Waals surface area contributed by atoms with Crippen molar-refractivity contribution in [3.05, 3.63) is 83.9 Å². The minimum Gasteiger partial charge on any atom is -0.492 e. The fraction of sp³-hybridized carbons (Fsp3) is 0.136. The molecular weight excluding hydrogens is 424 g/mol. The van der Waals surface area contributed by atoms with Crippen molar-refractivity contribution < 1.29 is 17.9 Å². The van der Waals surface area contributed by atoms with E-state index in [9.17, 15) is 13.2 Å². The summed E-state index contributed by atoms with van der Waals surface area (Å²) >= 11 is 6.11. The largest absolute Gasteiger partial charge is 0.492 e. The first-order valence-electron chi connectivity index (χ1n) is 9.27. The second-order valence-electron chi connectivity index (χ2n) is 6.25. The number of carbonyl (C=O) groups excluding carboxylic acids is 1. The van der Waals surface area contributed by atoms with E-state index in [1.54, 1.807) is 73.7 Å². The number of carbonyl (C=O) groups is 1. The number of amides is 1. The van der Waals surface area contributed by atoms with Gasteiger partial charge >= 0.3 is 0 Å². The van der Waals surface area contributed by atoms with E-state index in [1.807, 2.05) is 0 Å². The van der Waals surface area contributed by atoms with E-state index < -0.39 is 22.5 Å². The number of sulfonamides is 1. The van der Waals surface area contributed by atoms with Crippen LogP contribution in [-0.2, 0) is 14.8 Å². The number of ether oxygens (including phenoxy) is 1. The predicted octanol–water partition coefficient (Wildman–Crippen LogP) is 4.57. The quantitative estimate of drug-likeness (QED) is 0.552. The van der Waals surface area contributed by atoms with E-state index in [2.05, 4.69) is 5.32 Å². The van der Waals surface area contributed by atoms with Crippen LogP contribution in [-0.4, -0.2) is 27.5 Å². The number of anilines is 2. The highest BCUT2D eigenvalue weighted by molar-refractivity contribution is 7.92. The van der Waals surface area contributed by atoms with Gasteiger partial charge in [-0.3, -0.25) is 9.10 Å². The van der Waals surface area contributed by atoms with Crippen molar-refractivity contribution in [2.45, 2.75) is 11.8 Å². The number of benzene rings is 3. The highest BCUT2D eigenvalue weighted by atomic mass is 35.5. The van der Waals surface area contributed by atoms with Crippen molar-refractivity contribution in [2.24, 2.45) is 0 Å². The van der Waals surface area contributed by atoms with Gasteiger partial charge in [0.25, 0.3) is 10.0 Å². The molecule has 3 aromatic carbocycles. The molecule has 1 amide bonds. The summed E-state index contributed by atoms with van der Waals surface area (Å²) in [5, 5.41) is 3.03. The molecule has 3 aromatic rings. The second kappa shape index (κ2) is 9.65. The van der Waals surface area contributed by atoms with Crippen molar-refractivity contribution in [1.82, 2.24) is 0 Å². The molecule has 0 heterocycles.